The number of azo groups is 1. The lowest BCUT2D eigenvalue weighted by Gasteiger charge is -2.06. The van der Waals surface area contributed by atoms with Gasteiger partial charge in [0.25, 0.3) is 5.56 Å². The van der Waals surface area contributed by atoms with Crippen molar-refractivity contribution in [2.45, 2.75) is 0 Å². The highest BCUT2D eigenvalue weighted by Gasteiger charge is 2.14. The molecule has 0 saturated heterocycles. The van der Waals surface area contributed by atoms with Crippen LogP contribution < -0.4 is 15.0 Å². The predicted molar refractivity (Wildman–Crippen MR) is 89.5 cm³/mol. The lowest BCUT2D eigenvalue weighted by atomic mass is 10.3. The van der Waals surface area contributed by atoms with Gasteiger partial charge < -0.3 is 14.0 Å². The maximum absolute atomic E-state index is 12.0. The molecule has 0 aliphatic rings. The molecule has 24 heavy (non-hydrogen) atoms. The molecule has 0 atom stereocenters. The molecule has 8 nitrogen and oxygen atoms in total. The van der Waals surface area contributed by atoms with Gasteiger partial charge in [0, 0.05) is 19.3 Å². The molecule has 124 valence electrons. The third kappa shape index (κ3) is 2.81. The van der Waals surface area contributed by atoms with Crippen LogP contribution in [0, 0.1) is 0 Å². The minimum absolute atomic E-state index is 0.214. The summed E-state index contributed by atoms with van der Waals surface area (Å²) in [5, 5.41) is 13.6. The summed E-state index contributed by atoms with van der Waals surface area (Å²) in [5.74, 6) is 1.14. The highest BCUT2D eigenvalue weighted by Crippen LogP contribution is 2.32. The summed E-state index contributed by atoms with van der Waals surface area (Å²) in [5.41, 5.74) is 1.83. The molecule has 0 amide bonds. The van der Waals surface area contributed by atoms with Gasteiger partial charge in [-0.1, -0.05) is 0 Å². The van der Waals surface area contributed by atoms with Crippen LogP contribution in [0.5, 0.6) is 11.5 Å². The molecule has 2 heterocycles. The zero-order valence-corrected chi connectivity index (χ0v) is 13.5. The molecule has 0 aliphatic heterocycles. The highest BCUT2D eigenvalue weighted by atomic mass is 16.5. The van der Waals surface area contributed by atoms with E-state index in [1.54, 1.807) is 32.4 Å². The van der Waals surface area contributed by atoms with Crippen LogP contribution in [0.2, 0.25) is 0 Å². The van der Waals surface area contributed by atoms with E-state index in [1.165, 1.54) is 0 Å². The molecular formula is C16H17N5O3. The molecule has 0 aliphatic carbocycles. The van der Waals surface area contributed by atoms with Gasteiger partial charge in [-0.2, -0.15) is 5.11 Å². The monoisotopic (exact) mass is 327 g/mol. The number of aromatic nitrogens is 3. The molecule has 1 aromatic carbocycles. The average Bonchev–Trinajstić information content (AvgIpc) is 3.18. The Morgan fingerprint density at radius 1 is 1.04 bits per heavy atom. The first-order chi connectivity index (χ1) is 11.6. The molecule has 0 unspecified atom stereocenters. The fraction of sp³-hybridized carbons (Fsp3) is 0.188. The van der Waals surface area contributed by atoms with E-state index in [0.717, 1.165) is 5.69 Å². The van der Waals surface area contributed by atoms with E-state index in [4.69, 9.17) is 9.47 Å². The normalized spacial score (nSPS) is 11.1. The lowest BCUT2D eigenvalue weighted by molar-refractivity contribution is 0.355. The molecule has 3 aromatic rings. The van der Waals surface area contributed by atoms with Crippen molar-refractivity contribution in [3.05, 3.63) is 46.9 Å². The third-order valence-electron chi connectivity index (χ3n) is 3.59. The smallest absolute Gasteiger partial charge is 0.292 e. The largest absolute Gasteiger partial charge is 0.493 e. The van der Waals surface area contributed by atoms with Gasteiger partial charge >= 0.3 is 0 Å². The van der Waals surface area contributed by atoms with E-state index in [0.29, 0.717) is 22.9 Å². The summed E-state index contributed by atoms with van der Waals surface area (Å²) in [6.45, 7) is 0. The van der Waals surface area contributed by atoms with E-state index in [2.05, 4.69) is 20.4 Å². The second-order valence-corrected chi connectivity index (χ2v) is 5.05. The molecule has 0 saturated carbocycles. The molecular weight excluding hydrogens is 310 g/mol. The number of rotatable bonds is 5. The van der Waals surface area contributed by atoms with E-state index in [1.807, 2.05) is 29.9 Å². The predicted octanol–water partition coefficient (Wildman–Crippen LogP) is 3.14. The summed E-state index contributed by atoms with van der Waals surface area (Å²) < 4.78 is 12.3. The zero-order chi connectivity index (χ0) is 17.1. The van der Waals surface area contributed by atoms with E-state index < -0.39 is 0 Å². The topological polar surface area (TPSA) is 96.8 Å². The third-order valence-corrected chi connectivity index (χ3v) is 3.59. The fourth-order valence-corrected chi connectivity index (χ4v) is 2.35. The lowest BCUT2D eigenvalue weighted by Crippen LogP contribution is -1.96. The average molecular weight is 327 g/mol. The Morgan fingerprint density at radius 2 is 1.83 bits per heavy atom. The van der Waals surface area contributed by atoms with Crippen molar-refractivity contribution in [1.82, 2.24) is 14.8 Å². The van der Waals surface area contributed by atoms with Gasteiger partial charge in [-0.25, -0.2) is 0 Å². The molecule has 0 radical (unpaired) electrons. The van der Waals surface area contributed by atoms with Gasteiger partial charge in [-0.15, -0.1) is 5.11 Å². The number of H-pyrrole nitrogens is 2. The fourth-order valence-electron chi connectivity index (χ4n) is 2.35. The first kappa shape index (κ1) is 15.6. The van der Waals surface area contributed by atoms with Crippen LogP contribution >= 0.6 is 0 Å². The Bertz CT molecular complexity index is 935. The van der Waals surface area contributed by atoms with Crippen LogP contribution in [-0.4, -0.2) is 29.0 Å². The molecule has 0 fully saturated rings. The van der Waals surface area contributed by atoms with Crippen molar-refractivity contribution in [3.8, 4) is 22.9 Å². The molecule has 2 N–H and O–H groups in total. The molecule has 8 heteroatoms. The molecule has 0 bridgehead atoms. The first-order valence-corrected chi connectivity index (χ1v) is 7.20. The summed E-state index contributed by atoms with van der Waals surface area (Å²) in [6, 6.07) is 8.91. The number of hydrogen-bond donors (Lipinski definition) is 2. The number of nitrogens with zero attached hydrogens (tertiary/aromatic N) is 3. The highest BCUT2D eigenvalue weighted by molar-refractivity contribution is 5.68. The van der Waals surface area contributed by atoms with Crippen molar-refractivity contribution in [1.29, 1.82) is 0 Å². The Hall–Kier alpha value is -3.29. The maximum atomic E-state index is 12.0. The zero-order valence-electron chi connectivity index (χ0n) is 13.5. The van der Waals surface area contributed by atoms with Gasteiger partial charge in [0.05, 0.1) is 25.6 Å². The van der Waals surface area contributed by atoms with Gasteiger partial charge in [-0.05, 0) is 24.3 Å². The maximum Gasteiger partial charge on any atom is 0.292 e. The Morgan fingerprint density at radius 3 is 2.50 bits per heavy atom. The minimum Gasteiger partial charge on any atom is -0.493 e. The number of aromatic amines is 2. The van der Waals surface area contributed by atoms with Crippen LogP contribution in [0.4, 0.5) is 11.4 Å². The van der Waals surface area contributed by atoms with Gasteiger partial charge in [0.1, 0.15) is 5.69 Å². The van der Waals surface area contributed by atoms with Crippen molar-refractivity contribution < 1.29 is 9.47 Å². The van der Waals surface area contributed by atoms with Crippen molar-refractivity contribution in [2.24, 2.45) is 17.3 Å². The summed E-state index contributed by atoms with van der Waals surface area (Å²) in [4.78, 5) is 12.0. The second kappa shape index (κ2) is 6.45. The van der Waals surface area contributed by atoms with Crippen LogP contribution in [0.25, 0.3) is 11.4 Å². The molecule has 3 rings (SSSR count). The summed E-state index contributed by atoms with van der Waals surface area (Å²) >= 11 is 0. The van der Waals surface area contributed by atoms with Gasteiger partial charge in [0.2, 0.25) is 0 Å². The van der Waals surface area contributed by atoms with Crippen molar-refractivity contribution >= 4 is 11.4 Å². The van der Waals surface area contributed by atoms with E-state index in [-0.39, 0.29) is 11.2 Å². The Kier molecular flexibility index (Phi) is 4.19. The van der Waals surface area contributed by atoms with Crippen LogP contribution in [0.15, 0.2) is 51.6 Å². The number of nitrogens with one attached hydrogen (secondary N) is 2. The quantitative estimate of drug-likeness (QED) is 0.704. The van der Waals surface area contributed by atoms with E-state index in [9.17, 15) is 4.79 Å². The van der Waals surface area contributed by atoms with Gasteiger partial charge in [0.15, 0.2) is 17.2 Å². The number of methoxy groups -OCH3 is 2. The van der Waals surface area contributed by atoms with E-state index >= 15 is 0 Å². The van der Waals surface area contributed by atoms with Crippen LogP contribution in [-0.2, 0) is 7.05 Å². The van der Waals surface area contributed by atoms with Crippen LogP contribution in [0.1, 0.15) is 0 Å². The number of hydrogen-bond acceptors (Lipinski definition) is 5. The standard InChI is InChI=1S/C16H17N5O3/c1-21-8-4-5-11(21)14-15(16(22)20-18-14)19-17-10-6-7-12(23-2)13(9-10)24-3/h4-9H,1-3H3,(H2,18,20,22). The number of ether oxygens (including phenoxy) is 2. The summed E-state index contributed by atoms with van der Waals surface area (Å²) in [6.07, 6.45) is 1.88. The molecule has 0 spiro atoms. The van der Waals surface area contributed by atoms with Crippen molar-refractivity contribution in [3.63, 3.8) is 0 Å². The number of aryl methyl sites for hydroxylation is 1. The SMILES string of the molecule is COc1ccc(N=Nc2c(-c3cccn3C)[nH][nH]c2=O)cc1OC. The van der Waals surface area contributed by atoms with Gasteiger partial charge in [-0.3, -0.25) is 15.0 Å². The summed E-state index contributed by atoms with van der Waals surface area (Å²) in [7, 11) is 4.99. The minimum atomic E-state index is -0.338. The first-order valence-electron chi connectivity index (χ1n) is 7.20. The second-order valence-electron chi connectivity index (χ2n) is 5.05. The van der Waals surface area contributed by atoms with Crippen LogP contribution in [0.3, 0.4) is 0 Å². The molecule has 2 aromatic heterocycles. The Labute approximate surface area is 137 Å². The number of benzene rings is 1. The van der Waals surface area contributed by atoms with Crippen molar-refractivity contribution in [2.75, 3.05) is 14.2 Å². The Balaban J connectivity index is 1.98.